The Balaban J connectivity index is 1.33. The Hall–Kier alpha value is -5.02. The predicted molar refractivity (Wildman–Crippen MR) is 146 cm³/mol. The average molecular weight is 565 g/mol. The Labute approximate surface area is 231 Å². The number of amides is 2. The summed E-state index contributed by atoms with van der Waals surface area (Å²) >= 11 is 5.64. The second-order valence-electron chi connectivity index (χ2n) is 8.69. The zero-order valence-electron chi connectivity index (χ0n) is 21.0. The van der Waals surface area contributed by atoms with Crippen molar-refractivity contribution >= 4 is 46.2 Å². The van der Waals surface area contributed by atoms with Gasteiger partial charge in [-0.1, -0.05) is 23.6 Å². The summed E-state index contributed by atoms with van der Waals surface area (Å²) in [5, 5.41) is 11.9. The van der Waals surface area contributed by atoms with E-state index in [1.165, 1.54) is 6.07 Å². The van der Waals surface area contributed by atoms with Gasteiger partial charge in [0.2, 0.25) is 0 Å². The van der Waals surface area contributed by atoms with Crippen molar-refractivity contribution in [3.05, 3.63) is 94.8 Å². The van der Waals surface area contributed by atoms with Crippen LogP contribution in [0.1, 0.15) is 22.4 Å². The topological polar surface area (TPSA) is 101 Å². The predicted octanol–water partition coefficient (Wildman–Crippen LogP) is 6.23. The smallest absolute Gasteiger partial charge is 0.335 e. The number of fused-ring (bicyclic) bond motifs is 1. The first-order valence-corrected chi connectivity index (χ1v) is 12.1. The molecule has 0 fully saturated rings. The fraction of sp³-hybridized carbons (Fsp3) is 0.111. The van der Waals surface area contributed by atoms with Crippen molar-refractivity contribution in [3.63, 3.8) is 0 Å². The maximum absolute atomic E-state index is 13.1. The number of rotatable bonds is 4. The van der Waals surface area contributed by atoms with Crippen LogP contribution in [0.4, 0.5) is 40.8 Å². The first kappa shape index (κ1) is 26.6. The summed E-state index contributed by atoms with van der Waals surface area (Å²) in [4.78, 5) is 21.3. The maximum atomic E-state index is 13.1. The number of aromatic nitrogens is 5. The van der Waals surface area contributed by atoms with Crippen LogP contribution in [-0.2, 0) is 13.2 Å². The molecule has 0 saturated carbocycles. The lowest BCUT2D eigenvalue weighted by Crippen LogP contribution is -2.20. The third kappa shape index (κ3) is 5.84. The fourth-order valence-corrected chi connectivity index (χ4v) is 4.03. The van der Waals surface area contributed by atoms with E-state index in [0.29, 0.717) is 28.4 Å². The fourth-order valence-electron chi connectivity index (χ4n) is 3.80. The number of anilines is 4. The largest absolute Gasteiger partial charge is 0.417 e. The number of nitrogens with one attached hydrogen (secondary N) is 3. The van der Waals surface area contributed by atoms with E-state index in [9.17, 15) is 18.0 Å². The van der Waals surface area contributed by atoms with Crippen LogP contribution in [0.5, 0.6) is 0 Å². The Kier molecular flexibility index (Phi) is 7.06. The number of urea groups is 1. The summed E-state index contributed by atoms with van der Waals surface area (Å²) in [5.41, 5.74) is 2.77. The number of hydrogen-bond acceptors (Lipinski definition) is 5. The maximum Gasteiger partial charge on any atom is 0.417 e. The van der Waals surface area contributed by atoms with Crippen LogP contribution in [0.2, 0.25) is 5.02 Å². The van der Waals surface area contributed by atoms with E-state index in [0.717, 1.165) is 23.4 Å². The normalized spacial score (nSPS) is 11.2. The quantitative estimate of drug-likeness (QED) is 0.225. The molecule has 9 nitrogen and oxygen atoms in total. The van der Waals surface area contributed by atoms with Gasteiger partial charge >= 0.3 is 12.2 Å². The molecule has 3 heterocycles. The van der Waals surface area contributed by atoms with Crippen LogP contribution in [-0.4, -0.2) is 30.2 Å². The summed E-state index contributed by atoms with van der Waals surface area (Å²) in [7, 11) is 1.81. The minimum Gasteiger partial charge on any atom is -0.335 e. The second-order valence-corrected chi connectivity index (χ2v) is 9.10. The minimum atomic E-state index is -4.65. The summed E-state index contributed by atoms with van der Waals surface area (Å²) in [6, 6.07) is 7.53. The third-order valence-electron chi connectivity index (χ3n) is 5.75. The second kappa shape index (κ2) is 10.6. The summed E-state index contributed by atoms with van der Waals surface area (Å²) < 4.78 is 42.8. The molecule has 5 aromatic rings. The van der Waals surface area contributed by atoms with Gasteiger partial charge in [-0.3, -0.25) is 9.08 Å². The van der Waals surface area contributed by atoms with E-state index < -0.39 is 22.8 Å². The highest BCUT2D eigenvalue weighted by atomic mass is 35.5. The van der Waals surface area contributed by atoms with Crippen molar-refractivity contribution in [2.24, 2.45) is 7.05 Å². The highest BCUT2D eigenvalue weighted by Crippen LogP contribution is 2.36. The number of imidazole rings is 1. The Morgan fingerprint density at radius 2 is 1.75 bits per heavy atom. The lowest BCUT2D eigenvalue weighted by atomic mass is 10.1. The summed E-state index contributed by atoms with van der Waals surface area (Å²) in [5.74, 6) is 6.74. The van der Waals surface area contributed by atoms with E-state index in [1.54, 1.807) is 52.1 Å². The molecule has 0 saturated heterocycles. The van der Waals surface area contributed by atoms with Crippen LogP contribution in [0.25, 0.3) is 5.65 Å². The van der Waals surface area contributed by atoms with Gasteiger partial charge in [0.05, 0.1) is 28.7 Å². The molecule has 0 radical (unpaired) electrons. The lowest BCUT2D eigenvalue weighted by molar-refractivity contribution is -0.137. The first-order valence-electron chi connectivity index (χ1n) is 11.7. The van der Waals surface area contributed by atoms with Crippen molar-refractivity contribution in [1.82, 2.24) is 24.1 Å². The molecule has 0 spiro atoms. The van der Waals surface area contributed by atoms with Crippen LogP contribution >= 0.6 is 11.6 Å². The molecule has 13 heteroatoms. The molecule has 0 bridgehead atoms. The Bertz CT molecular complexity index is 1800. The van der Waals surface area contributed by atoms with Crippen LogP contribution in [0, 0.1) is 18.8 Å². The molecule has 40 heavy (non-hydrogen) atoms. The molecule has 0 aliphatic carbocycles. The van der Waals surface area contributed by atoms with Gasteiger partial charge in [-0.2, -0.15) is 18.3 Å². The zero-order valence-corrected chi connectivity index (χ0v) is 21.8. The zero-order chi connectivity index (χ0) is 28.4. The number of hydrogen-bond donors (Lipinski definition) is 3. The molecule has 202 valence electrons. The first-order chi connectivity index (χ1) is 19.1. The number of aryl methyl sites for hydroxylation is 2. The van der Waals surface area contributed by atoms with Gasteiger partial charge in [0.25, 0.3) is 0 Å². The van der Waals surface area contributed by atoms with Gasteiger partial charge in [0.15, 0.2) is 11.5 Å². The minimum absolute atomic E-state index is 0.0548. The number of carbonyl (C=O) groups is 1. The van der Waals surface area contributed by atoms with Crippen molar-refractivity contribution in [1.29, 1.82) is 0 Å². The van der Waals surface area contributed by atoms with Gasteiger partial charge in [-0.25, -0.2) is 14.8 Å². The number of carbonyl (C=O) groups excluding carboxylic acids is 1. The van der Waals surface area contributed by atoms with Gasteiger partial charge in [-0.05, 0) is 48.7 Å². The van der Waals surface area contributed by atoms with Crippen molar-refractivity contribution < 1.29 is 18.0 Å². The van der Waals surface area contributed by atoms with Crippen molar-refractivity contribution in [2.45, 2.75) is 13.1 Å². The number of nitrogens with zero attached hydrogens (tertiary/aromatic N) is 5. The lowest BCUT2D eigenvalue weighted by Gasteiger charge is -2.12. The molecule has 2 aromatic carbocycles. The van der Waals surface area contributed by atoms with E-state index in [1.807, 2.05) is 20.2 Å². The molecule has 0 unspecified atom stereocenters. The van der Waals surface area contributed by atoms with Gasteiger partial charge < -0.3 is 16.0 Å². The number of benzene rings is 2. The molecular weight excluding hydrogens is 545 g/mol. The molecule has 3 N–H and O–H groups in total. The summed E-state index contributed by atoms with van der Waals surface area (Å²) in [6.07, 6.45) is 3.85. The standard InChI is InChI=1S/C27H20ClF3N8O/c1-16-3-5-18(36-26(40)37-19-6-8-23(28)22(12-19)27(29,30)31)11-17(16)4-7-21-14-33-25-24(32-9-10-39(21)25)35-20-13-34-38(2)15-20/h3,5-6,8-15H,1-2H3,(H,32,35)(H2,36,37,40). The third-order valence-corrected chi connectivity index (χ3v) is 6.08. The highest BCUT2D eigenvalue weighted by Gasteiger charge is 2.33. The molecule has 0 atom stereocenters. The van der Waals surface area contributed by atoms with Crippen molar-refractivity contribution in [2.75, 3.05) is 16.0 Å². The SMILES string of the molecule is Cc1ccc(NC(=O)Nc2ccc(Cl)c(C(F)(F)F)c2)cc1C#Cc1cnc2c(Nc3cnn(C)c3)nccn12. The van der Waals surface area contributed by atoms with Crippen LogP contribution in [0.15, 0.2) is 67.4 Å². The highest BCUT2D eigenvalue weighted by molar-refractivity contribution is 6.31. The van der Waals surface area contributed by atoms with E-state index >= 15 is 0 Å². The van der Waals surface area contributed by atoms with Gasteiger partial charge in [0.1, 0.15) is 5.69 Å². The molecule has 3 aromatic heterocycles. The van der Waals surface area contributed by atoms with E-state index in [2.05, 4.69) is 42.9 Å². The van der Waals surface area contributed by atoms with E-state index in [4.69, 9.17) is 11.6 Å². The Morgan fingerprint density at radius 1 is 1.00 bits per heavy atom. The van der Waals surface area contributed by atoms with Gasteiger partial charge in [-0.15, -0.1) is 0 Å². The number of alkyl halides is 3. The average Bonchev–Trinajstić information content (AvgIpc) is 3.51. The Morgan fingerprint density at radius 3 is 2.48 bits per heavy atom. The molecule has 0 aliphatic heterocycles. The summed E-state index contributed by atoms with van der Waals surface area (Å²) in [6.45, 7) is 1.87. The monoisotopic (exact) mass is 564 g/mol. The van der Waals surface area contributed by atoms with Crippen LogP contribution < -0.4 is 16.0 Å². The van der Waals surface area contributed by atoms with Gasteiger partial charge in [0, 0.05) is 42.6 Å². The van der Waals surface area contributed by atoms with Crippen LogP contribution in [0.3, 0.4) is 0 Å². The van der Waals surface area contributed by atoms with E-state index in [-0.39, 0.29) is 5.69 Å². The number of halogens is 4. The molecular formula is C27H20ClF3N8O. The molecule has 2 amide bonds. The molecule has 0 aliphatic rings. The molecule has 5 rings (SSSR count). The van der Waals surface area contributed by atoms with Crippen molar-refractivity contribution in [3.8, 4) is 11.8 Å².